The molecule has 0 amide bonds. The maximum absolute atomic E-state index is 5.70. The predicted octanol–water partition coefficient (Wildman–Crippen LogP) is 6.11. The largest absolute Gasteiger partial charge is 0.382 e. The van der Waals surface area contributed by atoms with Crippen molar-refractivity contribution < 1.29 is 42.6 Å². The minimum absolute atomic E-state index is 0.330. The highest BCUT2D eigenvalue weighted by Gasteiger charge is 2.12. The van der Waals surface area contributed by atoms with Crippen LogP contribution in [0.3, 0.4) is 0 Å². The lowest BCUT2D eigenvalue weighted by molar-refractivity contribution is -0.0238. The SMILES string of the molecule is COCCOCCOCCOCCOCCOCCOCCOCCOCC#Cc1ccc2ccc3c(C#Cc4ccccc4)ccc4ccc1c2c43. The summed E-state index contributed by atoms with van der Waals surface area (Å²) in [7, 11) is 1.65. The summed E-state index contributed by atoms with van der Waals surface area (Å²) in [6, 6.07) is 27.3. The third-order valence-electron chi connectivity index (χ3n) is 8.21. The van der Waals surface area contributed by atoms with Gasteiger partial charge in [-0.05, 0) is 56.6 Å². The second-order valence-corrected chi connectivity index (χ2v) is 11.9. The van der Waals surface area contributed by atoms with Gasteiger partial charge in [0.05, 0.1) is 106 Å². The van der Waals surface area contributed by atoms with E-state index in [0.717, 1.165) is 27.5 Å². The minimum Gasteiger partial charge on any atom is -0.382 e. The van der Waals surface area contributed by atoms with E-state index in [1.807, 2.05) is 30.3 Å². The lowest BCUT2D eigenvalue weighted by Crippen LogP contribution is -2.15. The van der Waals surface area contributed by atoms with E-state index >= 15 is 0 Å². The fourth-order valence-corrected chi connectivity index (χ4v) is 5.62. The topological polar surface area (TPSA) is 83.1 Å². The van der Waals surface area contributed by atoms with Gasteiger partial charge in [0.15, 0.2) is 0 Å². The summed E-state index contributed by atoms with van der Waals surface area (Å²) in [5.74, 6) is 13.2. The Kier molecular flexibility index (Phi) is 18.4. The van der Waals surface area contributed by atoms with E-state index in [2.05, 4.69) is 72.2 Å². The second-order valence-electron chi connectivity index (χ2n) is 11.9. The third-order valence-corrected chi connectivity index (χ3v) is 8.21. The van der Waals surface area contributed by atoms with Gasteiger partial charge in [0.2, 0.25) is 0 Å². The lowest BCUT2D eigenvalue weighted by atomic mass is 9.90. The first-order chi connectivity index (χ1) is 26.3. The minimum atomic E-state index is 0.330. The Balaban J connectivity index is 0.888. The zero-order valence-electron chi connectivity index (χ0n) is 30.7. The molecule has 9 nitrogen and oxygen atoms in total. The highest BCUT2D eigenvalue weighted by atomic mass is 16.6. The fourth-order valence-electron chi connectivity index (χ4n) is 5.62. The molecule has 0 unspecified atom stereocenters. The number of hydrogen-bond acceptors (Lipinski definition) is 9. The molecule has 9 heteroatoms. The predicted molar refractivity (Wildman–Crippen MR) is 208 cm³/mol. The van der Waals surface area contributed by atoms with Crippen LogP contribution in [-0.2, 0) is 42.6 Å². The number of benzene rings is 5. The molecule has 0 aliphatic heterocycles. The Morgan fingerprint density at radius 1 is 0.377 bits per heavy atom. The summed E-state index contributed by atoms with van der Waals surface area (Å²) in [4.78, 5) is 0. The van der Waals surface area contributed by atoms with Gasteiger partial charge in [-0.15, -0.1) is 0 Å². The van der Waals surface area contributed by atoms with Crippen LogP contribution in [0, 0.1) is 23.7 Å². The van der Waals surface area contributed by atoms with Crippen LogP contribution in [0.1, 0.15) is 16.7 Å². The summed E-state index contributed by atoms with van der Waals surface area (Å²) in [5.41, 5.74) is 3.01. The van der Waals surface area contributed by atoms with E-state index in [1.165, 1.54) is 21.5 Å². The summed E-state index contributed by atoms with van der Waals surface area (Å²) >= 11 is 0. The Morgan fingerprint density at radius 2 is 0.774 bits per heavy atom. The van der Waals surface area contributed by atoms with Crippen LogP contribution in [0.25, 0.3) is 32.3 Å². The highest BCUT2D eigenvalue weighted by Crippen LogP contribution is 2.37. The molecule has 0 atom stereocenters. The average molecular weight is 723 g/mol. The van der Waals surface area contributed by atoms with E-state index in [4.69, 9.17) is 42.6 Å². The first-order valence-corrected chi connectivity index (χ1v) is 18.2. The van der Waals surface area contributed by atoms with Gasteiger partial charge in [0, 0.05) is 23.8 Å². The highest BCUT2D eigenvalue weighted by molar-refractivity contribution is 6.24. The fraction of sp³-hybridized carbons (Fsp3) is 0.409. The molecule has 0 aliphatic rings. The van der Waals surface area contributed by atoms with Crippen molar-refractivity contribution in [3.05, 3.63) is 95.6 Å². The molecule has 0 fully saturated rings. The maximum atomic E-state index is 5.70. The Hall–Kier alpha value is -4.10. The molecule has 280 valence electrons. The number of ether oxygens (including phenoxy) is 9. The molecule has 0 radical (unpaired) electrons. The molecular formula is C44H50O9. The zero-order valence-corrected chi connectivity index (χ0v) is 30.7. The van der Waals surface area contributed by atoms with Crippen LogP contribution in [0.2, 0.25) is 0 Å². The Labute approximate surface area is 313 Å². The molecule has 0 saturated heterocycles. The van der Waals surface area contributed by atoms with Crippen LogP contribution in [0.5, 0.6) is 0 Å². The van der Waals surface area contributed by atoms with Crippen LogP contribution >= 0.6 is 0 Å². The van der Waals surface area contributed by atoms with E-state index in [1.54, 1.807) is 7.11 Å². The van der Waals surface area contributed by atoms with E-state index < -0.39 is 0 Å². The summed E-state index contributed by atoms with van der Waals surface area (Å²) in [6.45, 7) is 8.67. The second kappa shape index (κ2) is 24.3. The summed E-state index contributed by atoms with van der Waals surface area (Å²) in [6.07, 6.45) is 0. The van der Waals surface area contributed by atoms with Gasteiger partial charge in [0.1, 0.15) is 6.61 Å². The van der Waals surface area contributed by atoms with Crippen molar-refractivity contribution in [3.8, 4) is 23.7 Å². The molecule has 0 aliphatic carbocycles. The number of rotatable bonds is 25. The lowest BCUT2D eigenvalue weighted by Gasteiger charge is -2.13. The van der Waals surface area contributed by atoms with Crippen LogP contribution < -0.4 is 0 Å². The normalized spacial score (nSPS) is 11.3. The van der Waals surface area contributed by atoms with Gasteiger partial charge in [-0.2, -0.15) is 0 Å². The van der Waals surface area contributed by atoms with Crippen molar-refractivity contribution in [2.75, 3.05) is 119 Å². The van der Waals surface area contributed by atoms with Crippen molar-refractivity contribution in [2.45, 2.75) is 0 Å². The van der Waals surface area contributed by atoms with Gasteiger partial charge in [-0.1, -0.05) is 78.3 Å². The molecule has 0 N–H and O–H groups in total. The zero-order chi connectivity index (χ0) is 36.6. The number of hydrogen-bond donors (Lipinski definition) is 0. The summed E-state index contributed by atoms with van der Waals surface area (Å²) in [5, 5.41) is 7.14. The molecular weight excluding hydrogens is 672 g/mol. The molecule has 5 aromatic carbocycles. The monoisotopic (exact) mass is 722 g/mol. The van der Waals surface area contributed by atoms with Crippen molar-refractivity contribution in [1.29, 1.82) is 0 Å². The van der Waals surface area contributed by atoms with E-state index in [0.29, 0.717) is 112 Å². The molecule has 0 saturated carbocycles. The average Bonchev–Trinajstić information content (AvgIpc) is 3.19. The van der Waals surface area contributed by atoms with E-state index in [9.17, 15) is 0 Å². The van der Waals surface area contributed by atoms with Gasteiger partial charge in [-0.25, -0.2) is 0 Å². The smallest absolute Gasteiger partial charge is 0.108 e. The maximum Gasteiger partial charge on any atom is 0.108 e. The van der Waals surface area contributed by atoms with Crippen molar-refractivity contribution in [2.24, 2.45) is 0 Å². The first-order valence-electron chi connectivity index (χ1n) is 18.2. The van der Waals surface area contributed by atoms with Crippen molar-refractivity contribution in [1.82, 2.24) is 0 Å². The van der Waals surface area contributed by atoms with Gasteiger partial charge >= 0.3 is 0 Å². The first kappa shape index (κ1) is 40.1. The van der Waals surface area contributed by atoms with Gasteiger partial charge in [0.25, 0.3) is 0 Å². The Morgan fingerprint density at radius 3 is 1.23 bits per heavy atom. The summed E-state index contributed by atoms with van der Waals surface area (Å²) < 4.78 is 49.0. The molecule has 5 aromatic rings. The van der Waals surface area contributed by atoms with Crippen LogP contribution in [0.4, 0.5) is 0 Å². The van der Waals surface area contributed by atoms with Gasteiger partial charge < -0.3 is 42.6 Å². The molecule has 0 spiro atoms. The Bertz CT molecular complexity index is 1890. The van der Waals surface area contributed by atoms with Crippen molar-refractivity contribution in [3.63, 3.8) is 0 Å². The van der Waals surface area contributed by atoms with E-state index in [-0.39, 0.29) is 0 Å². The standard InChI is InChI=1S/C44H50O9/c1-45-20-21-47-24-25-49-28-29-51-32-33-53-35-34-52-31-30-50-27-26-48-23-22-46-19-5-8-37-11-13-39-16-18-42-38(10-9-36-6-3-2-4-7-36)12-14-40-15-17-41(37)43(39)44(40)42/h2-4,6-7,11-18H,19-35H2,1H3. The molecule has 0 bridgehead atoms. The van der Waals surface area contributed by atoms with Gasteiger partial charge in [-0.3, -0.25) is 0 Å². The third kappa shape index (κ3) is 13.7. The molecule has 5 rings (SSSR count). The molecule has 53 heavy (non-hydrogen) atoms. The van der Waals surface area contributed by atoms with Crippen molar-refractivity contribution >= 4 is 32.3 Å². The van der Waals surface area contributed by atoms with Crippen LogP contribution in [0.15, 0.2) is 78.9 Å². The molecule has 0 heterocycles. The van der Waals surface area contributed by atoms with Crippen LogP contribution in [-0.4, -0.2) is 119 Å². The molecule has 0 aromatic heterocycles. The number of methoxy groups -OCH3 is 1. The quantitative estimate of drug-likeness (QED) is 0.0403.